The molecule has 0 aliphatic heterocycles. The third kappa shape index (κ3) is 5.58. The highest BCUT2D eigenvalue weighted by molar-refractivity contribution is 5.99. The van der Waals surface area contributed by atoms with Gasteiger partial charge >= 0.3 is 5.97 Å². The first-order valence-corrected chi connectivity index (χ1v) is 9.64. The SMILES string of the molecule is COCCNC(=O)[C@H](C)OC(=O)/C(C#N)=C/c1cc(C)n(-c2ccc(C)cc2)c1C. The van der Waals surface area contributed by atoms with Crippen molar-refractivity contribution in [3.05, 3.63) is 58.4 Å². The third-order valence-corrected chi connectivity index (χ3v) is 4.66. The lowest BCUT2D eigenvalue weighted by Gasteiger charge is -2.13. The lowest BCUT2D eigenvalue weighted by atomic mass is 10.1. The van der Waals surface area contributed by atoms with E-state index in [1.54, 1.807) is 0 Å². The van der Waals surface area contributed by atoms with E-state index in [2.05, 4.69) is 9.88 Å². The Kier molecular flexibility index (Phi) is 7.96. The number of hydrogen-bond acceptors (Lipinski definition) is 5. The molecule has 30 heavy (non-hydrogen) atoms. The van der Waals surface area contributed by atoms with E-state index in [9.17, 15) is 14.9 Å². The molecule has 0 bridgehead atoms. The van der Waals surface area contributed by atoms with Crippen LogP contribution in [-0.2, 0) is 19.1 Å². The van der Waals surface area contributed by atoms with Crippen molar-refractivity contribution in [1.82, 2.24) is 9.88 Å². The van der Waals surface area contributed by atoms with E-state index >= 15 is 0 Å². The van der Waals surface area contributed by atoms with E-state index in [4.69, 9.17) is 9.47 Å². The van der Waals surface area contributed by atoms with Gasteiger partial charge in [-0.3, -0.25) is 4.79 Å². The number of esters is 1. The Morgan fingerprint density at radius 1 is 1.23 bits per heavy atom. The smallest absolute Gasteiger partial charge is 0.349 e. The van der Waals surface area contributed by atoms with Gasteiger partial charge in [-0.15, -0.1) is 0 Å². The monoisotopic (exact) mass is 409 g/mol. The van der Waals surface area contributed by atoms with Gasteiger partial charge in [-0.2, -0.15) is 5.26 Å². The van der Waals surface area contributed by atoms with Gasteiger partial charge in [0, 0.05) is 30.7 Å². The van der Waals surface area contributed by atoms with Gasteiger partial charge < -0.3 is 19.4 Å². The topological polar surface area (TPSA) is 93.3 Å². The molecule has 0 fully saturated rings. The van der Waals surface area contributed by atoms with Crippen LogP contribution >= 0.6 is 0 Å². The normalized spacial score (nSPS) is 12.2. The summed E-state index contributed by atoms with van der Waals surface area (Å²) in [6, 6.07) is 11.9. The maximum absolute atomic E-state index is 12.4. The number of nitrogens with one attached hydrogen (secondary N) is 1. The Hall–Kier alpha value is -3.37. The van der Waals surface area contributed by atoms with Crippen LogP contribution in [0.5, 0.6) is 0 Å². The van der Waals surface area contributed by atoms with Gasteiger partial charge in [0.15, 0.2) is 6.10 Å². The largest absolute Gasteiger partial charge is 0.448 e. The van der Waals surface area contributed by atoms with E-state index < -0.39 is 18.0 Å². The number of methoxy groups -OCH3 is 1. The molecule has 0 saturated heterocycles. The minimum atomic E-state index is -1.02. The standard InChI is InChI=1S/C23H27N3O4/c1-15-6-8-21(9-7-15)26-16(2)12-19(17(26)3)13-20(14-24)23(28)30-18(4)22(27)25-10-11-29-5/h6-9,12-13,18H,10-11H2,1-5H3,(H,25,27)/b20-13+/t18-/m0/s1. The molecule has 1 aromatic carbocycles. The molecule has 1 aromatic heterocycles. The Balaban J connectivity index is 2.21. The second-order valence-electron chi connectivity index (χ2n) is 7.00. The van der Waals surface area contributed by atoms with Crippen LogP contribution in [0.2, 0.25) is 0 Å². The van der Waals surface area contributed by atoms with Gasteiger partial charge in [0.25, 0.3) is 5.91 Å². The van der Waals surface area contributed by atoms with Crippen molar-refractivity contribution >= 4 is 18.0 Å². The Bertz CT molecular complexity index is 981. The highest BCUT2D eigenvalue weighted by Crippen LogP contribution is 2.23. The fourth-order valence-electron chi connectivity index (χ4n) is 3.01. The summed E-state index contributed by atoms with van der Waals surface area (Å²) in [6.45, 7) is 8.02. The maximum Gasteiger partial charge on any atom is 0.349 e. The number of benzene rings is 1. The molecular formula is C23H27N3O4. The van der Waals surface area contributed by atoms with Crippen LogP contribution in [0.3, 0.4) is 0 Å². The van der Waals surface area contributed by atoms with Crippen LogP contribution in [-0.4, -0.2) is 42.8 Å². The zero-order valence-electron chi connectivity index (χ0n) is 18.0. The van der Waals surface area contributed by atoms with Gasteiger partial charge in [0.2, 0.25) is 0 Å². The lowest BCUT2D eigenvalue weighted by molar-refractivity contribution is -0.150. The minimum absolute atomic E-state index is 0.171. The summed E-state index contributed by atoms with van der Waals surface area (Å²) in [6.07, 6.45) is 0.469. The predicted octanol–water partition coefficient (Wildman–Crippen LogP) is 3.00. The summed E-state index contributed by atoms with van der Waals surface area (Å²) in [5.74, 6) is -1.29. The summed E-state index contributed by atoms with van der Waals surface area (Å²) >= 11 is 0. The molecule has 7 heteroatoms. The second-order valence-corrected chi connectivity index (χ2v) is 7.00. The number of aromatic nitrogens is 1. The summed E-state index contributed by atoms with van der Waals surface area (Å²) < 4.78 is 12.1. The van der Waals surface area contributed by atoms with E-state index in [0.29, 0.717) is 13.2 Å². The fraction of sp³-hybridized carbons (Fsp3) is 0.348. The first kappa shape index (κ1) is 22.9. The second kappa shape index (κ2) is 10.4. The Morgan fingerprint density at radius 3 is 2.50 bits per heavy atom. The molecule has 1 amide bonds. The average Bonchev–Trinajstić information content (AvgIpc) is 2.99. The van der Waals surface area contributed by atoms with Gasteiger partial charge in [0.05, 0.1) is 6.61 Å². The van der Waals surface area contributed by atoms with Gasteiger partial charge in [-0.1, -0.05) is 17.7 Å². The van der Waals surface area contributed by atoms with Crippen molar-refractivity contribution in [3.63, 3.8) is 0 Å². The number of nitriles is 1. The zero-order chi connectivity index (χ0) is 22.3. The van der Waals surface area contributed by atoms with Gasteiger partial charge in [-0.05, 0) is 57.5 Å². The average molecular weight is 409 g/mol. The van der Waals surface area contributed by atoms with E-state index in [-0.39, 0.29) is 5.57 Å². The van der Waals surface area contributed by atoms with Crippen molar-refractivity contribution < 1.29 is 19.1 Å². The van der Waals surface area contributed by atoms with E-state index in [0.717, 1.165) is 28.2 Å². The van der Waals surface area contributed by atoms with Crippen LogP contribution in [0.15, 0.2) is 35.9 Å². The van der Waals surface area contributed by atoms with Crippen LogP contribution in [0.25, 0.3) is 11.8 Å². The summed E-state index contributed by atoms with van der Waals surface area (Å²) in [5, 5.41) is 12.0. The van der Waals surface area contributed by atoms with Crippen LogP contribution in [0, 0.1) is 32.1 Å². The number of amides is 1. The maximum atomic E-state index is 12.4. The van der Waals surface area contributed by atoms with E-state index in [1.807, 2.05) is 57.2 Å². The molecule has 7 nitrogen and oxygen atoms in total. The number of ether oxygens (including phenoxy) is 2. The van der Waals surface area contributed by atoms with Crippen molar-refractivity contribution in [2.24, 2.45) is 0 Å². The van der Waals surface area contributed by atoms with Crippen molar-refractivity contribution in [1.29, 1.82) is 5.26 Å². The molecule has 2 rings (SSSR count). The van der Waals surface area contributed by atoms with Crippen molar-refractivity contribution in [2.45, 2.75) is 33.8 Å². The third-order valence-electron chi connectivity index (χ3n) is 4.66. The van der Waals surface area contributed by atoms with Crippen molar-refractivity contribution in [3.8, 4) is 11.8 Å². The first-order chi connectivity index (χ1) is 14.3. The Labute approximate surface area is 176 Å². The molecule has 0 aliphatic carbocycles. The molecule has 1 N–H and O–H groups in total. The van der Waals surface area contributed by atoms with Crippen LogP contribution < -0.4 is 5.32 Å². The molecule has 1 heterocycles. The molecule has 2 aromatic rings. The summed E-state index contributed by atoms with van der Waals surface area (Å²) in [7, 11) is 1.52. The fourth-order valence-corrected chi connectivity index (χ4v) is 3.01. The number of aryl methyl sites for hydroxylation is 2. The molecule has 1 atom stereocenters. The van der Waals surface area contributed by atoms with Crippen LogP contribution in [0.4, 0.5) is 0 Å². The first-order valence-electron chi connectivity index (χ1n) is 9.64. The molecular weight excluding hydrogens is 382 g/mol. The molecule has 0 unspecified atom stereocenters. The molecule has 0 spiro atoms. The quantitative estimate of drug-likeness (QED) is 0.313. The van der Waals surface area contributed by atoms with E-state index in [1.165, 1.54) is 20.1 Å². The van der Waals surface area contributed by atoms with Crippen molar-refractivity contribution in [2.75, 3.05) is 20.3 Å². The highest BCUT2D eigenvalue weighted by Gasteiger charge is 2.21. The number of rotatable bonds is 8. The highest BCUT2D eigenvalue weighted by atomic mass is 16.5. The lowest BCUT2D eigenvalue weighted by Crippen LogP contribution is -2.37. The predicted molar refractivity (Wildman–Crippen MR) is 114 cm³/mol. The molecule has 158 valence electrons. The zero-order valence-corrected chi connectivity index (χ0v) is 18.0. The summed E-state index contributed by atoms with van der Waals surface area (Å²) in [4.78, 5) is 24.4. The summed E-state index contributed by atoms with van der Waals surface area (Å²) in [5.41, 5.74) is 4.59. The number of hydrogen-bond donors (Lipinski definition) is 1. The van der Waals surface area contributed by atoms with Crippen LogP contribution in [0.1, 0.15) is 29.4 Å². The molecule has 0 radical (unpaired) electrons. The number of nitrogens with zero attached hydrogens (tertiary/aromatic N) is 2. The molecule has 0 saturated carbocycles. The van der Waals surface area contributed by atoms with Gasteiger partial charge in [-0.25, -0.2) is 4.79 Å². The number of carbonyl (C=O) groups excluding carboxylic acids is 2. The number of carbonyl (C=O) groups is 2. The Morgan fingerprint density at radius 2 is 1.90 bits per heavy atom. The van der Waals surface area contributed by atoms with Gasteiger partial charge in [0.1, 0.15) is 11.6 Å². The minimum Gasteiger partial charge on any atom is -0.448 e. The molecule has 0 aliphatic rings.